The van der Waals surface area contributed by atoms with E-state index in [2.05, 4.69) is 15.3 Å². The fraction of sp³-hybridized carbons (Fsp3) is 0.588. The van der Waals surface area contributed by atoms with Gasteiger partial charge in [0.05, 0.1) is 5.69 Å². The third-order valence-electron chi connectivity index (χ3n) is 2.88. The topological polar surface area (TPSA) is 164 Å². The van der Waals surface area contributed by atoms with E-state index < -0.39 is 41.3 Å². The van der Waals surface area contributed by atoms with Crippen molar-refractivity contribution in [3.63, 3.8) is 0 Å². The van der Waals surface area contributed by atoms with Gasteiger partial charge in [-0.1, -0.05) is 0 Å². The summed E-state index contributed by atoms with van der Waals surface area (Å²) in [6.07, 6.45) is 1.13. The second kappa shape index (κ2) is 8.72. The Balaban J connectivity index is 2.95. The van der Waals surface area contributed by atoms with E-state index in [0.29, 0.717) is 5.69 Å². The molecule has 0 spiro atoms. The van der Waals surface area contributed by atoms with Gasteiger partial charge in [-0.3, -0.25) is 4.79 Å². The second-order valence-electron chi connectivity index (χ2n) is 8.03. The van der Waals surface area contributed by atoms with Crippen LogP contribution in [0.15, 0.2) is 17.5 Å². The van der Waals surface area contributed by atoms with Crippen LogP contribution in [0.25, 0.3) is 0 Å². The number of nitrogens with zero attached hydrogens (tertiary/aromatic N) is 3. The van der Waals surface area contributed by atoms with Crippen LogP contribution in [0.3, 0.4) is 0 Å². The minimum Gasteiger partial charge on any atom is -0.444 e. The van der Waals surface area contributed by atoms with Crippen molar-refractivity contribution >= 4 is 24.1 Å². The molecule has 0 radical (unpaired) electrons. The van der Waals surface area contributed by atoms with E-state index in [4.69, 9.17) is 20.9 Å². The van der Waals surface area contributed by atoms with Crippen molar-refractivity contribution in [1.82, 2.24) is 14.9 Å². The first-order valence-electron chi connectivity index (χ1n) is 8.55. The molecule has 1 atom stereocenters. The third-order valence-corrected chi connectivity index (χ3v) is 2.88. The molecule has 0 fully saturated rings. The standard InChI is InChI=1S/C17H28N6O5/c1-16(2,3)27-14(25)21-11(12(24)22-13(18)19)7-10-8-23(9-20-10)15(26)28-17(4,5)6/h8-9,11H,7H2,1-6H3,(H,21,25)(H4,18,19,22,24)/t11-/m0/s1. The zero-order valence-electron chi connectivity index (χ0n) is 17.0. The maximum absolute atomic E-state index is 12.2. The number of guanidine groups is 1. The normalized spacial score (nSPS) is 12.6. The van der Waals surface area contributed by atoms with Gasteiger partial charge in [0.25, 0.3) is 5.91 Å². The van der Waals surface area contributed by atoms with E-state index in [1.807, 2.05) is 0 Å². The van der Waals surface area contributed by atoms with Crippen molar-refractivity contribution in [1.29, 1.82) is 0 Å². The summed E-state index contributed by atoms with van der Waals surface area (Å²) in [5, 5.41) is 2.41. The van der Waals surface area contributed by atoms with Gasteiger partial charge in [-0.25, -0.2) is 19.1 Å². The molecule has 0 aliphatic rings. The Morgan fingerprint density at radius 2 is 1.71 bits per heavy atom. The van der Waals surface area contributed by atoms with Crippen molar-refractivity contribution < 1.29 is 23.9 Å². The molecule has 0 saturated carbocycles. The lowest BCUT2D eigenvalue weighted by Crippen LogP contribution is -2.45. The maximum atomic E-state index is 12.2. The predicted molar refractivity (Wildman–Crippen MR) is 102 cm³/mol. The van der Waals surface area contributed by atoms with Crippen molar-refractivity contribution in [3.05, 3.63) is 18.2 Å². The Kier molecular flexibility index (Phi) is 7.14. The second-order valence-corrected chi connectivity index (χ2v) is 8.03. The fourth-order valence-corrected chi connectivity index (χ4v) is 1.95. The number of aliphatic imine (C=N–C) groups is 1. The Labute approximate surface area is 163 Å². The SMILES string of the molecule is CC(C)(C)OC(=O)N[C@@H](Cc1cn(C(=O)OC(C)(C)C)cn1)C(=O)N=C(N)N. The van der Waals surface area contributed by atoms with E-state index >= 15 is 0 Å². The van der Waals surface area contributed by atoms with Crippen LogP contribution in [0.4, 0.5) is 9.59 Å². The van der Waals surface area contributed by atoms with Gasteiger partial charge in [0, 0.05) is 12.6 Å². The monoisotopic (exact) mass is 396 g/mol. The van der Waals surface area contributed by atoms with Gasteiger partial charge in [0.2, 0.25) is 0 Å². The predicted octanol–water partition coefficient (Wildman–Crippen LogP) is 0.902. The van der Waals surface area contributed by atoms with Gasteiger partial charge >= 0.3 is 12.2 Å². The number of carbonyl (C=O) groups excluding carboxylic acids is 3. The van der Waals surface area contributed by atoms with Crippen molar-refractivity contribution in [3.8, 4) is 0 Å². The number of aromatic nitrogens is 2. The van der Waals surface area contributed by atoms with Gasteiger partial charge in [0.1, 0.15) is 23.6 Å². The lowest BCUT2D eigenvalue weighted by atomic mass is 10.1. The number of hydrogen-bond donors (Lipinski definition) is 3. The molecule has 0 aromatic carbocycles. The average molecular weight is 396 g/mol. The number of imidazole rings is 1. The van der Waals surface area contributed by atoms with Gasteiger partial charge < -0.3 is 26.3 Å². The van der Waals surface area contributed by atoms with Gasteiger partial charge in [-0.05, 0) is 41.5 Å². The van der Waals surface area contributed by atoms with Gasteiger partial charge in [0.15, 0.2) is 5.96 Å². The van der Waals surface area contributed by atoms with Crippen LogP contribution in [0.5, 0.6) is 0 Å². The molecule has 11 heteroatoms. The summed E-state index contributed by atoms with van der Waals surface area (Å²) in [6, 6.07) is -1.14. The first kappa shape index (κ1) is 22.9. The molecule has 2 amide bonds. The van der Waals surface area contributed by atoms with E-state index in [9.17, 15) is 14.4 Å². The van der Waals surface area contributed by atoms with Crippen molar-refractivity contribution in [2.24, 2.45) is 16.5 Å². The lowest BCUT2D eigenvalue weighted by Gasteiger charge is -2.22. The quantitative estimate of drug-likeness (QED) is 0.499. The fourth-order valence-electron chi connectivity index (χ4n) is 1.95. The highest BCUT2D eigenvalue weighted by molar-refractivity contribution is 5.95. The van der Waals surface area contributed by atoms with Crippen LogP contribution in [0.1, 0.15) is 47.2 Å². The zero-order valence-corrected chi connectivity index (χ0v) is 17.0. The molecule has 1 aromatic heterocycles. The van der Waals surface area contributed by atoms with Crippen molar-refractivity contribution in [2.45, 2.75) is 65.2 Å². The summed E-state index contributed by atoms with van der Waals surface area (Å²) in [7, 11) is 0. The number of alkyl carbamates (subject to hydrolysis) is 1. The van der Waals surface area contributed by atoms with Gasteiger partial charge in [-0.2, -0.15) is 4.99 Å². The summed E-state index contributed by atoms with van der Waals surface area (Å²) in [6.45, 7) is 10.2. The first-order chi connectivity index (χ1) is 12.7. The number of ether oxygens (including phenoxy) is 2. The molecular formula is C17H28N6O5. The summed E-state index contributed by atoms with van der Waals surface area (Å²) in [5.74, 6) is -1.22. The summed E-state index contributed by atoms with van der Waals surface area (Å²) >= 11 is 0. The molecule has 1 aromatic rings. The lowest BCUT2D eigenvalue weighted by molar-refractivity contribution is -0.119. The molecule has 1 rings (SSSR count). The van der Waals surface area contributed by atoms with Crippen LogP contribution in [0.2, 0.25) is 0 Å². The van der Waals surface area contributed by atoms with Crippen molar-refractivity contribution in [2.75, 3.05) is 0 Å². The Morgan fingerprint density at radius 1 is 1.14 bits per heavy atom. The number of hydrogen-bond acceptors (Lipinski definition) is 6. The molecule has 0 bridgehead atoms. The minimum absolute atomic E-state index is 0.0648. The van der Waals surface area contributed by atoms with Crippen LogP contribution in [-0.2, 0) is 20.7 Å². The highest BCUT2D eigenvalue weighted by Gasteiger charge is 2.26. The molecule has 0 unspecified atom stereocenters. The van der Waals surface area contributed by atoms with E-state index in [1.165, 1.54) is 12.5 Å². The number of carbonyl (C=O) groups is 3. The van der Waals surface area contributed by atoms with Crippen LogP contribution >= 0.6 is 0 Å². The number of nitrogens with one attached hydrogen (secondary N) is 1. The van der Waals surface area contributed by atoms with Gasteiger partial charge in [-0.15, -0.1) is 0 Å². The van der Waals surface area contributed by atoms with E-state index in [0.717, 1.165) is 4.57 Å². The Bertz CT molecular complexity index is 753. The third kappa shape index (κ3) is 8.52. The average Bonchev–Trinajstić information content (AvgIpc) is 2.90. The number of nitrogens with two attached hydrogens (primary N) is 2. The van der Waals surface area contributed by atoms with Crippen LogP contribution in [-0.4, -0.2) is 50.8 Å². The Morgan fingerprint density at radius 3 is 2.21 bits per heavy atom. The molecule has 1 heterocycles. The number of amides is 2. The molecular weight excluding hydrogens is 368 g/mol. The highest BCUT2D eigenvalue weighted by atomic mass is 16.6. The molecule has 0 aliphatic heterocycles. The Hall–Kier alpha value is -3.11. The summed E-state index contributed by atoms with van der Waals surface area (Å²) in [5.41, 5.74) is 9.39. The largest absolute Gasteiger partial charge is 0.444 e. The molecule has 0 aliphatic carbocycles. The molecule has 28 heavy (non-hydrogen) atoms. The molecule has 5 N–H and O–H groups in total. The van der Waals surface area contributed by atoms with Crippen LogP contribution in [0, 0.1) is 0 Å². The highest BCUT2D eigenvalue weighted by Crippen LogP contribution is 2.11. The van der Waals surface area contributed by atoms with E-state index in [-0.39, 0.29) is 6.42 Å². The first-order valence-corrected chi connectivity index (χ1v) is 8.55. The van der Waals surface area contributed by atoms with Crippen LogP contribution < -0.4 is 16.8 Å². The zero-order chi connectivity index (χ0) is 21.7. The molecule has 156 valence electrons. The summed E-state index contributed by atoms with van der Waals surface area (Å²) in [4.78, 5) is 43.8. The summed E-state index contributed by atoms with van der Waals surface area (Å²) < 4.78 is 11.5. The minimum atomic E-state index is -1.14. The van der Waals surface area contributed by atoms with E-state index in [1.54, 1.807) is 41.5 Å². The smallest absolute Gasteiger partial charge is 0.419 e. The molecule has 0 saturated heterocycles. The number of rotatable bonds is 4. The molecule has 11 nitrogen and oxygen atoms in total. The maximum Gasteiger partial charge on any atom is 0.419 e.